The first-order valence-corrected chi connectivity index (χ1v) is 14.2. The molecule has 2 aliphatic carbocycles. The van der Waals surface area contributed by atoms with E-state index in [1.807, 2.05) is 24.3 Å². The number of ether oxygens (including phenoxy) is 2. The highest BCUT2D eigenvalue weighted by Gasteiger charge is 2.46. The van der Waals surface area contributed by atoms with Gasteiger partial charge in [-0.15, -0.1) is 0 Å². The number of hydrogen-bond donors (Lipinski definition) is 5. The van der Waals surface area contributed by atoms with E-state index in [1.165, 1.54) is 14.2 Å². The molecule has 0 bridgehead atoms. The molecule has 2 fully saturated rings. The molecule has 43 heavy (non-hydrogen) atoms. The molecule has 2 aromatic rings. The van der Waals surface area contributed by atoms with Gasteiger partial charge in [-0.05, 0) is 72.9 Å². The van der Waals surface area contributed by atoms with Gasteiger partial charge in [0.1, 0.15) is 6.10 Å². The van der Waals surface area contributed by atoms with Crippen molar-refractivity contribution in [2.75, 3.05) is 14.2 Å². The van der Waals surface area contributed by atoms with E-state index >= 15 is 0 Å². The molecule has 0 spiro atoms. The van der Waals surface area contributed by atoms with Gasteiger partial charge in [0.2, 0.25) is 5.91 Å². The van der Waals surface area contributed by atoms with Crippen LogP contribution in [0.15, 0.2) is 48.5 Å². The number of aliphatic hydroxyl groups excluding tert-OH is 2. The maximum absolute atomic E-state index is 12.0. The van der Waals surface area contributed by atoms with Crippen molar-refractivity contribution in [3.05, 3.63) is 70.8 Å². The van der Waals surface area contributed by atoms with Crippen molar-refractivity contribution in [1.82, 2.24) is 5.32 Å². The Morgan fingerprint density at radius 3 is 1.40 bits per heavy atom. The van der Waals surface area contributed by atoms with E-state index in [4.69, 9.17) is 15.9 Å². The molecular weight excluding hydrogens is 556 g/mol. The fourth-order valence-electron chi connectivity index (χ4n) is 4.03. The molecule has 2 aromatic carbocycles. The number of nitrogens with two attached hydrogens (primary N) is 1. The monoisotopic (exact) mass is 600 g/mol. The molecule has 0 unspecified atom stereocenters. The number of carboxylic acid groups (broad SMARTS) is 1. The van der Waals surface area contributed by atoms with Crippen molar-refractivity contribution in [1.29, 1.82) is 0 Å². The highest BCUT2D eigenvalue weighted by atomic mass is 16.5. The van der Waals surface area contributed by atoms with Gasteiger partial charge in [0.25, 0.3) is 0 Å². The number of rotatable bonds is 9. The summed E-state index contributed by atoms with van der Waals surface area (Å²) in [5, 5.41) is 29.4. The predicted molar refractivity (Wildman–Crippen MR) is 159 cm³/mol. The normalized spacial score (nSPS) is 16.7. The third kappa shape index (κ3) is 9.87. The second kappa shape index (κ2) is 15.1. The first-order chi connectivity index (χ1) is 20.1. The van der Waals surface area contributed by atoms with E-state index in [2.05, 4.69) is 14.8 Å². The van der Waals surface area contributed by atoms with Crippen LogP contribution in [0.2, 0.25) is 0 Å². The van der Waals surface area contributed by atoms with Crippen LogP contribution in [0.1, 0.15) is 85.2 Å². The van der Waals surface area contributed by atoms with Crippen molar-refractivity contribution < 1.29 is 44.0 Å². The highest BCUT2D eigenvalue weighted by molar-refractivity contribution is 5.90. The van der Waals surface area contributed by atoms with Crippen LogP contribution in [-0.4, -0.2) is 65.6 Å². The van der Waals surface area contributed by atoms with Crippen LogP contribution in [-0.2, 0) is 30.1 Å². The zero-order valence-corrected chi connectivity index (χ0v) is 25.6. The second-order valence-corrected chi connectivity index (χ2v) is 11.6. The summed E-state index contributed by atoms with van der Waals surface area (Å²) >= 11 is 0. The average molecular weight is 601 g/mol. The maximum Gasteiger partial charge on any atom is 0.337 e. The van der Waals surface area contributed by atoms with E-state index in [0.29, 0.717) is 11.1 Å². The van der Waals surface area contributed by atoms with E-state index in [1.54, 1.807) is 52.0 Å². The van der Waals surface area contributed by atoms with Crippen molar-refractivity contribution >= 4 is 23.8 Å². The topological polar surface area (TPSA) is 185 Å². The smallest absolute Gasteiger partial charge is 0.337 e. The van der Waals surface area contributed by atoms with Crippen LogP contribution < -0.4 is 11.1 Å². The lowest BCUT2D eigenvalue weighted by molar-refractivity contribution is -0.148. The first kappa shape index (κ1) is 35.4. The molecule has 11 heteroatoms. The number of carboxylic acids is 1. The summed E-state index contributed by atoms with van der Waals surface area (Å²) in [6, 6.07) is 14.3. The number of methoxy groups -OCH3 is 2. The Labute approximate surface area is 252 Å². The zero-order chi connectivity index (χ0) is 32.5. The molecule has 0 radical (unpaired) electrons. The van der Waals surface area contributed by atoms with Gasteiger partial charge >= 0.3 is 17.9 Å². The minimum atomic E-state index is -1.21. The number of carbonyl (C=O) groups is 4. The molecule has 236 valence electrons. The molecule has 2 atom stereocenters. The minimum absolute atomic E-state index is 0.123. The Hall–Kier alpha value is -3.80. The summed E-state index contributed by atoms with van der Waals surface area (Å²) in [7, 11) is 2.72. The van der Waals surface area contributed by atoms with E-state index in [9.17, 15) is 24.3 Å². The van der Waals surface area contributed by atoms with Crippen LogP contribution in [0.5, 0.6) is 0 Å². The number of hydrogen-bond acceptors (Lipinski definition) is 9. The zero-order valence-electron chi connectivity index (χ0n) is 25.6. The van der Waals surface area contributed by atoms with Gasteiger partial charge in [0.05, 0.1) is 30.9 Å². The molecule has 0 aromatic heterocycles. The molecule has 1 amide bonds. The van der Waals surface area contributed by atoms with Crippen LogP contribution in [0.4, 0.5) is 0 Å². The summed E-state index contributed by atoms with van der Waals surface area (Å²) in [5.41, 5.74) is 8.57. The van der Waals surface area contributed by atoms with Gasteiger partial charge in [-0.1, -0.05) is 52.0 Å². The summed E-state index contributed by atoms with van der Waals surface area (Å²) in [6.45, 7) is 6.90. The molecule has 11 nitrogen and oxygen atoms in total. The number of nitrogens with one attached hydrogen (secondary N) is 1. The molecule has 4 rings (SSSR count). The Morgan fingerprint density at radius 2 is 1.12 bits per heavy atom. The summed E-state index contributed by atoms with van der Waals surface area (Å²) < 4.78 is 9.27. The van der Waals surface area contributed by atoms with Gasteiger partial charge in [0, 0.05) is 5.54 Å². The molecular formula is C32H44N2O9. The third-order valence-electron chi connectivity index (χ3n) is 7.43. The van der Waals surface area contributed by atoms with Crippen LogP contribution in [0.25, 0.3) is 0 Å². The van der Waals surface area contributed by atoms with E-state index in [-0.39, 0.29) is 35.2 Å². The van der Waals surface area contributed by atoms with Crippen LogP contribution in [0, 0.1) is 11.8 Å². The summed E-state index contributed by atoms with van der Waals surface area (Å²) in [4.78, 5) is 44.4. The number of esters is 2. The SMILES string of the molecule is CC(C)[C@@H](O)C(=O)O.COC(=O)c1ccc(C2(N)CC2)cc1.COC(=O)c1ccc(C2(NC(=O)[C@H](O)C(C)C)CC2)cc1. The third-order valence-corrected chi connectivity index (χ3v) is 7.43. The van der Waals surface area contributed by atoms with Gasteiger partial charge in [0.15, 0.2) is 6.10 Å². The number of aliphatic hydroxyl groups is 2. The Bertz CT molecular complexity index is 1250. The standard InChI is InChI=1S/C16H21NO4.C11H13NO2.C5H10O3/c1-10(2)13(18)14(19)17-16(8-9-16)12-6-4-11(5-7-12)15(20)21-3;1-14-10(13)8-2-4-9(5-3-8)11(12)6-7-11;1-3(2)4(6)5(7)8/h4-7,10,13,18H,8-9H2,1-3H3,(H,17,19);2-5H,6-7,12H2,1H3;3-4,6H,1-2H3,(H,7,8)/t13-;;4-/m1.1/s1. The maximum atomic E-state index is 12.0. The van der Waals surface area contributed by atoms with Crippen molar-refractivity contribution in [3.63, 3.8) is 0 Å². The lowest BCUT2D eigenvalue weighted by Gasteiger charge is -2.22. The Morgan fingerprint density at radius 1 is 0.721 bits per heavy atom. The molecule has 6 N–H and O–H groups in total. The molecule has 2 saturated carbocycles. The van der Waals surface area contributed by atoms with Gasteiger partial charge in [-0.2, -0.15) is 0 Å². The average Bonchev–Trinajstić information content (AvgIpc) is 3.94. The highest BCUT2D eigenvalue weighted by Crippen LogP contribution is 2.45. The molecule has 0 saturated heterocycles. The number of amides is 1. The van der Waals surface area contributed by atoms with E-state index < -0.39 is 23.7 Å². The minimum Gasteiger partial charge on any atom is -0.479 e. The van der Waals surface area contributed by atoms with Crippen molar-refractivity contribution in [3.8, 4) is 0 Å². The lowest BCUT2D eigenvalue weighted by Crippen LogP contribution is -2.43. The van der Waals surface area contributed by atoms with Crippen LogP contribution in [0.3, 0.4) is 0 Å². The molecule has 2 aliphatic rings. The summed E-state index contributed by atoms with van der Waals surface area (Å²) in [6.07, 6.45) is 1.52. The molecule has 0 aliphatic heterocycles. The number of benzene rings is 2. The van der Waals surface area contributed by atoms with E-state index in [0.717, 1.165) is 36.8 Å². The fourth-order valence-corrected chi connectivity index (χ4v) is 4.03. The number of aliphatic carboxylic acids is 1. The van der Waals surface area contributed by atoms with Crippen LogP contribution >= 0.6 is 0 Å². The van der Waals surface area contributed by atoms with Gasteiger partial charge in [-0.25, -0.2) is 14.4 Å². The predicted octanol–water partition coefficient (Wildman–Crippen LogP) is 3.10. The van der Waals surface area contributed by atoms with Gasteiger partial charge < -0.3 is 35.8 Å². The summed E-state index contributed by atoms with van der Waals surface area (Å²) in [5.74, 6) is -2.52. The van der Waals surface area contributed by atoms with Gasteiger partial charge in [-0.3, -0.25) is 4.79 Å². The Kier molecular flexibility index (Phi) is 12.4. The molecule has 0 heterocycles. The number of carbonyl (C=O) groups excluding carboxylic acids is 3. The Balaban J connectivity index is 0.000000252. The first-order valence-electron chi connectivity index (χ1n) is 14.2. The largest absolute Gasteiger partial charge is 0.479 e. The van der Waals surface area contributed by atoms with Crippen molar-refractivity contribution in [2.24, 2.45) is 17.6 Å². The quantitative estimate of drug-likeness (QED) is 0.268. The second-order valence-electron chi connectivity index (χ2n) is 11.6. The van der Waals surface area contributed by atoms with Crippen molar-refractivity contribution in [2.45, 2.75) is 76.7 Å². The lowest BCUT2D eigenvalue weighted by atomic mass is 10.0. The fraction of sp³-hybridized carbons (Fsp3) is 0.500.